The van der Waals surface area contributed by atoms with E-state index in [9.17, 15) is 4.79 Å². The van der Waals surface area contributed by atoms with Crippen LogP contribution >= 0.6 is 11.3 Å². The van der Waals surface area contributed by atoms with Crippen LogP contribution in [-0.4, -0.2) is 38.1 Å². The second-order valence-electron chi connectivity index (χ2n) is 8.86. The number of hydrogen-bond acceptors (Lipinski definition) is 7. The average molecular weight is 536 g/mol. The van der Waals surface area contributed by atoms with Crippen LogP contribution in [0.25, 0.3) is 39.4 Å². The fourth-order valence-electron chi connectivity index (χ4n) is 4.20. The van der Waals surface area contributed by atoms with E-state index in [0.717, 1.165) is 46.0 Å². The van der Waals surface area contributed by atoms with Crippen molar-refractivity contribution in [1.82, 2.24) is 24.4 Å². The maximum atomic E-state index is 13.3. The molecule has 39 heavy (non-hydrogen) atoms. The summed E-state index contributed by atoms with van der Waals surface area (Å²) in [7, 11) is 1.62. The van der Waals surface area contributed by atoms with Crippen LogP contribution in [0.4, 0.5) is 0 Å². The molecule has 0 radical (unpaired) electrons. The second kappa shape index (κ2) is 10.5. The van der Waals surface area contributed by atoms with Gasteiger partial charge in [0, 0.05) is 22.9 Å². The van der Waals surface area contributed by atoms with E-state index in [-0.39, 0.29) is 5.56 Å². The van der Waals surface area contributed by atoms with Crippen LogP contribution in [-0.2, 0) is 0 Å². The molecule has 0 amide bonds. The zero-order valence-electron chi connectivity index (χ0n) is 21.4. The molecule has 0 N–H and O–H groups in total. The van der Waals surface area contributed by atoms with Crippen molar-refractivity contribution >= 4 is 22.4 Å². The monoisotopic (exact) mass is 535 g/mol. The molecule has 0 bridgehead atoms. The van der Waals surface area contributed by atoms with Crippen molar-refractivity contribution in [2.45, 2.75) is 13.3 Å². The van der Waals surface area contributed by atoms with Crippen molar-refractivity contribution in [3.8, 4) is 39.8 Å². The van der Waals surface area contributed by atoms with Gasteiger partial charge in [0.15, 0.2) is 5.82 Å². The summed E-state index contributed by atoms with van der Waals surface area (Å²) >= 11 is 1.30. The van der Waals surface area contributed by atoms with Gasteiger partial charge in [0.1, 0.15) is 17.2 Å². The molecule has 0 saturated heterocycles. The fraction of sp³-hybridized carbons (Fsp3) is 0.133. The van der Waals surface area contributed by atoms with E-state index < -0.39 is 0 Å². The van der Waals surface area contributed by atoms with Gasteiger partial charge in [0.05, 0.1) is 23.9 Å². The third-order valence-electron chi connectivity index (χ3n) is 6.18. The van der Waals surface area contributed by atoms with Crippen molar-refractivity contribution in [2.75, 3.05) is 13.7 Å². The van der Waals surface area contributed by atoms with E-state index in [1.54, 1.807) is 7.11 Å². The molecule has 0 saturated carbocycles. The summed E-state index contributed by atoms with van der Waals surface area (Å²) in [6.45, 7) is 2.75. The van der Waals surface area contributed by atoms with Gasteiger partial charge in [-0.25, -0.2) is 4.68 Å². The summed E-state index contributed by atoms with van der Waals surface area (Å²) in [5.41, 5.74) is 4.03. The quantitative estimate of drug-likeness (QED) is 0.272. The second-order valence-corrected chi connectivity index (χ2v) is 9.87. The lowest BCUT2D eigenvalue weighted by Gasteiger charge is -2.05. The third-order valence-corrected chi connectivity index (χ3v) is 7.14. The minimum Gasteiger partial charge on any atom is -0.497 e. The van der Waals surface area contributed by atoms with Gasteiger partial charge < -0.3 is 9.47 Å². The molecule has 0 aliphatic heterocycles. The Bertz CT molecular complexity index is 1840. The van der Waals surface area contributed by atoms with Crippen LogP contribution in [0.15, 0.2) is 89.9 Å². The predicted molar refractivity (Wildman–Crippen MR) is 153 cm³/mol. The molecule has 6 rings (SSSR count). The highest BCUT2D eigenvalue weighted by molar-refractivity contribution is 7.15. The minimum atomic E-state index is -0.219. The largest absolute Gasteiger partial charge is 0.497 e. The smallest absolute Gasteiger partial charge is 0.291 e. The molecule has 0 fully saturated rings. The zero-order valence-corrected chi connectivity index (χ0v) is 22.3. The maximum Gasteiger partial charge on any atom is 0.291 e. The van der Waals surface area contributed by atoms with Gasteiger partial charge in [0.2, 0.25) is 4.96 Å². The number of thiazole rings is 1. The highest BCUT2D eigenvalue weighted by Crippen LogP contribution is 2.27. The highest BCUT2D eigenvalue weighted by Gasteiger charge is 2.15. The van der Waals surface area contributed by atoms with Crippen LogP contribution in [0.2, 0.25) is 0 Å². The molecule has 0 atom stereocenters. The molecule has 3 aromatic heterocycles. The molecule has 3 aromatic carbocycles. The van der Waals surface area contributed by atoms with Crippen molar-refractivity contribution in [3.63, 3.8) is 0 Å². The highest BCUT2D eigenvalue weighted by atomic mass is 32.1. The van der Waals surface area contributed by atoms with E-state index >= 15 is 0 Å². The first-order chi connectivity index (χ1) is 19.1. The number of para-hydroxylation sites is 1. The van der Waals surface area contributed by atoms with Crippen molar-refractivity contribution < 1.29 is 9.47 Å². The fourth-order valence-corrected chi connectivity index (χ4v) is 5.10. The summed E-state index contributed by atoms with van der Waals surface area (Å²) in [4.78, 5) is 18.5. The summed E-state index contributed by atoms with van der Waals surface area (Å²) in [5.74, 6) is 2.06. The van der Waals surface area contributed by atoms with Crippen LogP contribution in [0.5, 0.6) is 11.5 Å². The van der Waals surface area contributed by atoms with Gasteiger partial charge >= 0.3 is 0 Å². The Hall–Kier alpha value is -4.76. The van der Waals surface area contributed by atoms with E-state index in [0.29, 0.717) is 21.9 Å². The molecule has 194 valence electrons. The molecule has 0 unspecified atom stereocenters. The molecular weight excluding hydrogens is 510 g/mol. The SMILES string of the molecule is CCCOc1ccc(-c2nn(-c3ccccc3)cc2/C=c2\sc3nc(-c4ccc(OC)cc4)nn3c2=O)cc1. The number of fused-ring (bicyclic) bond motifs is 1. The third kappa shape index (κ3) is 4.92. The standard InChI is InChI=1S/C30H25N5O3S/c1-3-17-38-25-15-9-20(10-16-25)27-22(19-34(32-27)23-7-5-4-6-8-23)18-26-29(36)35-30(39-26)31-28(33-35)21-11-13-24(37-2)14-12-21/h4-16,18-19H,3,17H2,1-2H3/b26-18-. The maximum absolute atomic E-state index is 13.3. The number of rotatable bonds is 8. The molecule has 0 spiro atoms. The van der Waals surface area contributed by atoms with Crippen LogP contribution in [0, 0.1) is 0 Å². The molecule has 6 aromatic rings. The first kappa shape index (κ1) is 24.6. The van der Waals surface area contributed by atoms with Crippen molar-refractivity contribution in [2.24, 2.45) is 0 Å². The number of nitrogens with zero attached hydrogens (tertiary/aromatic N) is 5. The number of benzene rings is 3. The van der Waals surface area contributed by atoms with Crippen LogP contribution < -0.4 is 19.6 Å². The zero-order chi connectivity index (χ0) is 26.8. The molecule has 0 aliphatic carbocycles. The number of methoxy groups -OCH3 is 1. The Morgan fingerprint density at radius 2 is 1.62 bits per heavy atom. The van der Waals surface area contributed by atoms with Gasteiger partial charge in [-0.2, -0.15) is 14.6 Å². The molecule has 9 heteroatoms. The number of ether oxygens (including phenoxy) is 2. The molecule has 0 aliphatic rings. The lowest BCUT2D eigenvalue weighted by Crippen LogP contribution is -2.23. The van der Waals surface area contributed by atoms with E-state index in [1.165, 1.54) is 15.9 Å². The van der Waals surface area contributed by atoms with Gasteiger partial charge in [-0.3, -0.25) is 4.79 Å². The first-order valence-corrected chi connectivity index (χ1v) is 13.4. The Morgan fingerprint density at radius 1 is 0.897 bits per heavy atom. The van der Waals surface area contributed by atoms with E-state index in [2.05, 4.69) is 17.0 Å². The molecule has 8 nitrogen and oxygen atoms in total. The van der Waals surface area contributed by atoms with Gasteiger partial charge in [-0.1, -0.05) is 36.5 Å². The normalized spacial score (nSPS) is 11.8. The number of aromatic nitrogens is 5. The summed E-state index contributed by atoms with van der Waals surface area (Å²) in [5, 5.41) is 9.35. The summed E-state index contributed by atoms with van der Waals surface area (Å²) in [6.07, 6.45) is 4.74. The summed E-state index contributed by atoms with van der Waals surface area (Å²) < 4.78 is 14.7. The van der Waals surface area contributed by atoms with Gasteiger partial charge in [0.25, 0.3) is 5.56 Å². The Kier molecular flexibility index (Phi) is 6.64. The Balaban J connectivity index is 1.41. The van der Waals surface area contributed by atoms with Crippen LogP contribution in [0.1, 0.15) is 18.9 Å². The average Bonchev–Trinajstić information content (AvgIpc) is 3.68. The lowest BCUT2D eigenvalue weighted by atomic mass is 10.1. The van der Waals surface area contributed by atoms with Gasteiger partial charge in [-0.15, -0.1) is 5.10 Å². The Morgan fingerprint density at radius 3 is 2.31 bits per heavy atom. The van der Waals surface area contributed by atoms with E-state index in [1.807, 2.05) is 95.8 Å². The van der Waals surface area contributed by atoms with Gasteiger partial charge in [-0.05, 0) is 73.2 Å². The summed E-state index contributed by atoms with van der Waals surface area (Å²) in [6, 6.07) is 25.2. The minimum absolute atomic E-state index is 0.219. The van der Waals surface area contributed by atoms with Crippen LogP contribution in [0.3, 0.4) is 0 Å². The topological polar surface area (TPSA) is 83.5 Å². The van der Waals surface area contributed by atoms with E-state index in [4.69, 9.17) is 14.6 Å². The lowest BCUT2D eigenvalue weighted by molar-refractivity contribution is 0.317. The molecule has 3 heterocycles. The molecular formula is C30H25N5O3S. The van der Waals surface area contributed by atoms with Crippen molar-refractivity contribution in [3.05, 3.63) is 106 Å². The Labute approximate surface area is 228 Å². The van der Waals surface area contributed by atoms with Crippen molar-refractivity contribution in [1.29, 1.82) is 0 Å². The first-order valence-electron chi connectivity index (χ1n) is 12.6. The number of hydrogen-bond donors (Lipinski definition) is 0. The predicted octanol–water partition coefficient (Wildman–Crippen LogP) is 5.02.